The molecular formula is C19H24N2O2S. The van der Waals surface area contributed by atoms with Crippen LogP contribution in [0.4, 0.5) is 0 Å². The Kier molecular flexibility index (Phi) is 4.11. The largest absolute Gasteiger partial charge is 0.384 e. The average Bonchev–Trinajstić information content (AvgIpc) is 3.25. The molecule has 128 valence electrons. The van der Waals surface area contributed by atoms with E-state index >= 15 is 0 Å². The Morgan fingerprint density at radius 1 is 1.38 bits per heavy atom. The summed E-state index contributed by atoms with van der Waals surface area (Å²) in [6.07, 6.45) is 1.09. The van der Waals surface area contributed by atoms with E-state index in [4.69, 9.17) is 4.74 Å². The summed E-state index contributed by atoms with van der Waals surface area (Å²) in [6.45, 7) is 4.64. The fourth-order valence-electron chi connectivity index (χ4n) is 4.51. The van der Waals surface area contributed by atoms with Crippen LogP contribution >= 0.6 is 11.3 Å². The van der Waals surface area contributed by atoms with Crippen LogP contribution in [0.3, 0.4) is 0 Å². The minimum Gasteiger partial charge on any atom is -0.384 e. The number of rotatable bonds is 3. The second kappa shape index (κ2) is 6.14. The van der Waals surface area contributed by atoms with Gasteiger partial charge in [-0.2, -0.15) is 0 Å². The van der Waals surface area contributed by atoms with E-state index in [-0.39, 0.29) is 11.3 Å². The monoisotopic (exact) mass is 344 g/mol. The summed E-state index contributed by atoms with van der Waals surface area (Å²) < 4.78 is 6.64. The van der Waals surface area contributed by atoms with Crippen LogP contribution in [0.2, 0.25) is 0 Å². The number of nitrogens with zero attached hydrogens (tertiary/aromatic N) is 2. The number of likely N-dealkylation sites (tertiary alicyclic amines) is 2. The van der Waals surface area contributed by atoms with E-state index in [9.17, 15) is 4.79 Å². The molecule has 5 heteroatoms. The fourth-order valence-corrected chi connectivity index (χ4v) is 5.54. The summed E-state index contributed by atoms with van der Waals surface area (Å²) in [7, 11) is 3.95. The third-order valence-corrected chi connectivity index (χ3v) is 6.76. The number of amides is 1. The van der Waals surface area contributed by atoms with Crippen LogP contribution in [-0.2, 0) is 4.74 Å². The van der Waals surface area contributed by atoms with Gasteiger partial charge in [0.15, 0.2) is 0 Å². The Hall–Kier alpha value is -1.43. The Labute approximate surface area is 147 Å². The molecular weight excluding hydrogens is 320 g/mol. The molecule has 0 N–H and O–H groups in total. The van der Waals surface area contributed by atoms with Crippen LogP contribution < -0.4 is 0 Å². The van der Waals surface area contributed by atoms with Gasteiger partial charge in [0.2, 0.25) is 0 Å². The zero-order valence-electron chi connectivity index (χ0n) is 14.3. The maximum absolute atomic E-state index is 13.0. The highest BCUT2D eigenvalue weighted by Crippen LogP contribution is 2.44. The first-order chi connectivity index (χ1) is 11.6. The van der Waals surface area contributed by atoms with Crippen LogP contribution in [0.15, 0.2) is 30.3 Å². The highest BCUT2D eigenvalue weighted by molar-refractivity contribution is 7.20. The molecule has 0 radical (unpaired) electrons. The molecule has 2 aliphatic heterocycles. The van der Waals surface area contributed by atoms with Gasteiger partial charge in [-0.25, -0.2) is 0 Å². The van der Waals surface area contributed by atoms with E-state index in [0.29, 0.717) is 5.92 Å². The highest BCUT2D eigenvalue weighted by Gasteiger charge is 2.50. The van der Waals surface area contributed by atoms with E-state index < -0.39 is 0 Å². The number of methoxy groups -OCH3 is 1. The molecule has 1 spiro atoms. The third-order valence-electron chi connectivity index (χ3n) is 5.66. The minimum atomic E-state index is 0.193. The van der Waals surface area contributed by atoms with Crippen molar-refractivity contribution in [1.29, 1.82) is 0 Å². The molecule has 24 heavy (non-hydrogen) atoms. The second-order valence-corrected chi connectivity index (χ2v) is 8.42. The molecule has 0 bridgehead atoms. The van der Waals surface area contributed by atoms with Crippen molar-refractivity contribution in [3.8, 4) is 0 Å². The lowest BCUT2D eigenvalue weighted by atomic mass is 9.78. The molecule has 0 unspecified atom stereocenters. The number of thiophene rings is 1. The molecule has 1 amide bonds. The van der Waals surface area contributed by atoms with E-state index in [1.807, 2.05) is 18.2 Å². The molecule has 2 fully saturated rings. The fraction of sp³-hybridized carbons (Fsp3) is 0.526. The van der Waals surface area contributed by atoms with Crippen LogP contribution in [-0.4, -0.2) is 62.7 Å². The third kappa shape index (κ3) is 2.65. The predicted octanol–water partition coefficient (Wildman–Crippen LogP) is 2.94. The van der Waals surface area contributed by atoms with Crippen molar-refractivity contribution >= 4 is 27.3 Å². The Balaban J connectivity index is 1.54. The highest BCUT2D eigenvalue weighted by atomic mass is 32.1. The number of benzene rings is 1. The molecule has 4 nitrogen and oxygen atoms in total. The van der Waals surface area contributed by atoms with E-state index in [0.717, 1.165) is 49.5 Å². The minimum absolute atomic E-state index is 0.193. The van der Waals surface area contributed by atoms with Gasteiger partial charge in [-0.15, -0.1) is 11.3 Å². The predicted molar refractivity (Wildman–Crippen MR) is 97.6 cm³/mol. The summed E-state index contributed by atoms with van der Waals surface area (Å²) in [5.74, 6) is 0.714. The number of hydrogen-bond donors (Lipinski definition) is 0. The van der Waals surface area contributed by atoms with Crippen molar-refractivity contribution in [2.45, 2.75) is 6.42 Å². The van der Waals surface area contributed by atoms with Gasteiger partial charge in [0.25, 0.3) is 5.91 Å². The molecule has 4 rings (SSSR count). The summed E-state index contributed by atoms with van der Waals surface area (Å²) in [5.41, 5.74) is 0.205. The van der Waals surface area contributed by atoms with Crippen molar-refractivity contribution in [2.75, 3.05) is 46.9 Å². The number of fused-ring (bicyclic) bond motifs is 1. The maximum Gasteiger partial charge on any atom is 0.263 e. The smallest absolute Gasteiger partial charge is 0.263 e. The first-order valence-electron chi connectivity index (χ1n) is 8.57. The lowest BCUT2D eigenvalue weighted by Gasteiger charge is -2.29. The molecule has 0 aliphatic carbocycles. The summed E-state index contributed by atoms with van der Waals surface area (Å²) in [4.78, 5) is 18.3. The topological polar surface area (TPSA) is 32.8 Å². The molecule has 3 heterocycles. The van der Waals surface area contributed by atoms with Crippen molar-refractivity contribution < 1.29 is 9.53 Å². The summed E-state index contributed by atoms with van der Waals surface area (Å²) >= 11 is 1.61. The van der Waals surface area contributed by atoms with Gasteiger partial charge in [-0.3, -0.25) is 4.79 Å². The van der Waals surface area contributed by atoms with Crippen molar-refractivity contribution in [3.05, 3.63) is 35.2 Å². The second-order valence-electron chi connectivity index (χ2n) is 7.34. The summed E-state index contributed by atoms with van der Waals surface area (Å²) in [5, 5.41) is 1.16. The van der Waals surface area contributed by atoms with Crippen LogP contribution in [0.1, 0.15) is 16.1 Å². The van der Waals surface area contributed by atoms with Crippen molar-refractivity contribution in [1.82, 2.24) is 9.80 Å². The van der Waals surface area contributed by atoms with Crippen LogP contribution in [0.25, 0.3) is 10.1 Å². The SMILES string of the molecule is COC[C@H]1CN(C)C[C@]12CCN(C(=O)c1cc3ccccc3s1)C2. The van der Waals surface area contributed by atoms with Gasteiger partial charge in [-0.1, -0.05) is 18.2 Å². The summed E-state index contributed by atoms with van der Waals surface area (Å²) in [6, 6.07) is 10.3. The Bertz CT molecular complexity index is 726. The van der Waals surface area contributed by atoms with Gasteiger partial charge in [0, 0.05) is 49.3 Å². The normalized spacial score (nSPS) is 27.6. The number of ether oxygens (including phenoxy) is 1. The van der Waals surface area contributed by atoms with E-state index in [1.165, 1.54) is 4.70 Å². The average molecular weight is 344 g/mol. The lowest BCUT2D eigenvalue weighted by molar-refractivity contribution is 0.0720. The van der Waals surface area contributed by atoms with Gasteiger partial charge < -0.3 is 14.5 Å². The molecule has 1 aromatic heterocycles. The van der Waals surface area contributed by atoms with Crippen molar-refractivity contribution in [2.24, 2.45) is 11.3 Å². The Morgan fingerprint density at radius 3 is 3.00 bits per heavy atom. The number of carbonyl (C=O) groups is 1. The lowest BCUT2D eigenvalue weighted by Crippen LogP contribution is -2.37. The quantitative estimate of drug-likeness (QED) is 0.858. The van der Waals surface area contributed by atoms with Crippen LogP contribution in [0, 0.1) is 11.3 Å². The van der Waals surface area contributed by atoms with E-state index in [1.54, 1.807) is 18.4 Å². The van der Waals surface area contributed by atoms with Gasteiger partial charge >= 0.3 is 0 Å². The Morgan fingerprint density at radius 2 is 2.21 bits per heavy atom. The number of hydrogen-bond acceptors (Lipinski definition) is 4. The van der Waals surface area contributed by atoms with Crippen LogP contribution in [0.5, 0.6) is 0 Å². The molecule has 2 saturated heterocycles. The van der Waals surface area contributed by atoms with Crippen molar-refractivity contribution in [3.63, 3.8) is 0 Å². The van der Waals surface area contributed by atoms with E-state index in [2.05, 4.69) is 29.0 Å². The zero-order chi connectivity index (χ0) is 16.7. The molecule has 2 atom stereocenters. The zero-order valence-corrected chi connectivity index (χ0v) is 15.1. The first kappa shape index (κ1) is 16.1. The number of carbonyl (C=O) groups excluding carboxylic acids is 1. The van der Waals surface area contributed by atoms with Gasteiger partial charge in [0.05, 0.1) is 11.5 Å². The molecule has 2 aromatic rings. The molecule has 0 saturated carbocycles. The molecule has 2 aliphatic rings. The standard InChI is InChI=1S/C19H24N2O2S/c1-20-10-15(11-23-2)19(12-20)7-8-21(13-19)18(22)17-9-14-5-3-4-6-16(14)24-17/h3-6,9,15H,7-8,10-13H2,1-2H3/t15-,19+/m1/s1. The first-order valence-corrected chi connectivity index (χ1v) is 9.38. The maximum atomic E-state index is 13.0. The van der Waals surface area contributed by atoms with Gasteiger partial charge in [0.1, 0.15) is 0 Å². The molecule has 1 aromatic carbocycles. The van der Waals surface area contributed by atoms with Gasteiger partial charge in [-0.05, 0) is 31.0 Å².